The van der Waals surface area contributed by atoms with E-state index in [4.69, 9.17) is 0 Å². The number of hydrogen-bond acceptors (Lipinski definition) is 3. The summed E-state index contributed by atoms with van der Waals surface area (Å²) in [6, 6.07) is 14.0. The van der Waals surface area contributed by atoms with Gasteiger partial charge in [0.2, 0.25) is 0 Å². The molecule has 0 saturated carbocycles. The number of halogens is 1. The quantitative estimate of drug-likeness (QED) is 0.591. The van der Waals surface area contributed by atoms with Gasteiger partial charge in [-0.2, -0.15) is 0 Å². The van der Waals surface area contributed by atoms with Gasteiger partial charge in [-0.15, -0.1) is 0 Å². The van der Waals surface area contributed by atoms with Gasteiger partial charge in [0.25, 0.3) is 5.91 Å². The highest BCUT2D eigenvalue weighted by molar-refractivity contribution is 6.02. The number of imidazole rings is 1. The number of carbonyl (C=O) groups excluding carboxylic acids is 1. The number of anilines is 1. The summed E-state index contributed by atoms with van der Waals surface area (Å²) in [4.78, 5) is 21.0. The Labute approximate surface area is 155 Å². The number of rotatable bonds is 3. The number of nitrogens with one attached hydrogen (secondary N) is 1. The molecule has 4 rings (SSSR count). The van der Waals surface area contributed by atoms with Crippen LogP contribution in [0.4, 0.5) is 10.1 Å². The third-order valence-corrected chi connectivity index (χ3v) is 4.45. The van der Waals surface area contributed by atoms with Crippen molar-refractivity contribution in [3.05, 3.63) is 78.1 Å². The number of hydrogen-bond donors (Lipinski definition) is 1. The molecule has 0 spiro atoms. The normalized spacial score (nSPS) is 10.9. The molecular weight excluding hydrogens is 343 g/mol. The molecule has 0 saturated heterocycles. The summed E-state index contributed by atoms with van der Waals surface area (Å²) in [6.07, 6.45) is 3.31. The first-order chi connectivity index (χ1) is 13.0. The molecule has 2 aromatic carbocycles. The largest absolute Gasteiger partial charge is 0.330 e. The molecule has 2 heterocycles. The summed E-state index contributed by atoms with van der Waals surface area (Å²) in [6.45, 7) is 1.92. The minimum atomic E-state index is -0.277. The van der Waals surface area contributed by atoms with E-state index < -0.39 is 0 Å². The van der Waals surface area contributed by atoms with Crippen molar-refractivity contribution in [3.8, 4) is 11.3 Å². The van der Waals surface area contributed by atoms with Crippen molar-refractivity contribution < 1.29 is 9.18 Å². The van der Waals surface area contributed by atoms with Crippen LogP contribution in [0.1, 0.15) is 16.2 Å². The van der Waals surface area contributed by atoms with E-state index in [0.717, 1.165) is 33.4 Å². The van der Waals surface area contributed by atoms with Crippen LogP contribution < -0.4 is 5.32 Å². The van der Waals surface area contributed by atoms with Crippen LogP contribution in [0.15, 0.2) is 60.9 Å². The molecule has 0 fully saturated rings. The highest BCUT2D eigenvalue weighted by Gasteiger charge is 2.13. The summed E-state index contributed by atoms with van der Waals surface area (Å²) in [7, 11) is 1.77. The van der Waals surface area contributed by atoms with Crippen LogP contribution in [0.2, 0.25) is 0 Å². The Hall–Kier alpha value is -3.54. The number of aryl methyl sites for hydroxylation is 2. The molecule has 4 aromatic rings. The summed E-state index contributed by atoms with van der Waals surface area (Å²) >= 11 is 0. The molecule has 2 aromatic heterocycles. The number of fused-ring (bicyclic) bond motifs is 1. The van der Waals surface area contributed by atoms with Crippen LogP contribution in [0, 0.1) is 12.7 Å². The second kappa shape index (κ2) is 6.64. The van der Waals surface area contributed by atoms with Crippen molar-refractivity contribution in [2.24, 2.45) is 7.05 Å². The molecule has 6 heteroatoms. The van der Waals surface area contributed by atoms with Gasteiger partial charge in [-0.1, -0.05) is 12.1 Å². The molecule has 0 unspecified atom stereocenters. The first-order valence-electron chi connectivity index (χ1n) is 8.47. The average Bonchev–Trinajstić information content (AvgIpc) is 3.09. The topological polar surface area (TPSA) is 59.8 Å². The standard InChI is InChI=1S/C21H17FN4O/c1-13-11-14(18-7-4-15-12-16(22)5-8-19(15)24-18)3-6-17(13)25-21(27)20-23-9-10-26(20)2/h3-12H,1-2H3,(H,25,27). The molecule has 0 bridgehead atoms. The summed E-state index contributed by atoms with van der Waals surface area (Å²) in [5.41, 5.74) is 4.08. The van der Waals surface area contributed by atoms with Crippen molar-refractivity contribution >= 4 is 22.5 Å². The van der Waals surface area contributed by atoms with Gasteiger partial charge in [0.05, 0.1) is 11.2 Å². The summed E-state index contributed by atoms with van der Waals surface area (Å²) in [5, 5.41) is 3.64. The van der Waals surface area contributed by atoms with Crippen LogP contribution in [0.5, 0.6) is 0 Å². The molecule has 0 aliphatic carbocycles. The first-order valence-corrected chi connectivity index (χ1v) is 8.47. The van der Waals surface area contributed by atoms with Crippen molar-refractivity contribution in [3.63, 3.8) is 0 Å². The lowest BCUT2D eigenvalue weighted by molar-refractivity contribution is 0.101. The minimum absolute atomic E-state index is 0.260. The molecule has 0 aliphatic rings. The van der Waals surface area contributed by atoms with E-state index in [1.54, 1.807) is 30.1 Å². The lowest BCUT2D eigenvalue weighted by atomic mass is 10.1. The van der Waals surface area contributed by atoms with Gasteiger partial charge < -0.3 is 9.88 Å². The molecule has 27 heavy (non-hydrogen) atoms. The first kappa shape index (κ1) is 16.9. The van der Waals surface area contributed by atoms with E-state index in [2.05, 4.69) is 15.3 Å². The monoisotopic (exact) mass is 360 g/mol. The number of amides is 1. The third kappa shape index (κ3) is 3.29. The maximum atomic E-state index is 13.3. The van der Waals surface area contributed by atoms with Gasteiger partial charge in [0.15, 0.2) is 5.82 Å². The van der Waals surface area contributed by atoms with Crippen molar-refractivity contribution in [1.82, 2.24) is 14.5 Å². The number of pyridine rings is 1. The van der Waals surface area contributed by atoms with Gasteiger partial charge >= 0.3 is 0 Å². The van der Waals surface area contributed by atoms with Crippen molar-refractivity contribution in [2.75, 3.05) is 5.32 Å². The summed E-state index contributed by atoms with van der Waals surface area (Å²) in [5.74, 6) is -0.188. The van der Waals surface area contributed by atoms with Crippen LogP contribution in [-0.4, -0.2) is 20.4 Å². The van der Waals surface area contributed by atoms with Crippen LogP contribution in [-0.2, 0) is 7.05 Å². The Morgan fingerprint density at radius 2 is 1.96 bits per heavy atom. The highest BCUT2D eigenvalue weighted by atomic mass is 19.1. The van der Waals surface area contributed by atoms with Crippen LogP contribution >= 0.6 is 0 Å². The fourth-order valence-electron chi connectivity index (χ4n) is 2.98. The van der Waals surface area contributed by atoms with Gasteiger partial charge in [0, 0.05) is 36.1 Å². The smallest absolute Gasteiger partial charge is 0.291 e. The fraction of sp³-hybridized carbons (Fsp3) is 0.0952. The predicted octanol–water partition coefficient (Wildman–Crippen LogP) is 4.34. The summed E-state index contributed by atoms with van der Waals surface area (Å²) < 4.78 is 15.0. The SMILES string of the molecule is Cc1cc(-c2ccc3cc(F)ccc3n2)ccc1NC(=O)c1nccn1C. The Morgan fingerprint density at radius 1 is 1.11 bits per heavy atom. The van der Waals surface area contributed by atoms with Crippen LogP contribution in [0.3, 0.4) is 0 Å². The average molecular weight is 360 g/mol. The van der Waals surface area contributed by atoms with Gasteiger partial charge in [-0.05, 0) is 48.9 Å². The highest BCUT2D eigenvalue weighted by Crippen LogP contribution is 2.26. The van der Waals surface area contributed by atoms with Gasteiger partial charge in [0.1, 0.15) is 5.82 Å². The molecular formula is C21H17FN4O. The fourth-order valence-corrected chi connectivity index (χ4v) is 2.98. The Kier molecular flexibility index (Phi) is 4.16. The molecule has 134 valence electrons. The van der Waals surface area contributed by atoms with Crippen molar-refractivity contribution in [1.29, 1.82) is 0 Å². The molecule has 1 amide bonds. The molecule has 1 N–H and O–H groups in total. The maximum absolute atomic E-state index is 13.3. The number of benzene rings is 2. The zero-order valence-corrected chi connectivity index (χ0v) is 14.9. The van der Waals surface area contributed by atoms with Crippen LogP contribution in [0.25, 0.3) is 22.2 Å². The Balaban J connectivity index is 1.62. The molecule has 0 radical (unpaired) electrons. The van der Waals surface area contributed by atoms with Crippen molar-refractivity contribution in [2.45, 2.75) is 6.92 Å². The zero-order valence-electron chi connectivity index (χ0n) is 14.9. The van der Waals surface area contributed by atoms with E-state index >= 15 is 0 Å². The van der Waals surface area contributed by atoms with E-state index in [1.165, 1.54) is 12.1 Å². The van der Waals surface area contributed by atoms with Gasteiger partial charge in [-0.3, -0.25) is 4.79 Å². The number of carbonyl (C=O) groups is 1. The second-order valence-electron chi connectivity index (χ2n) is 6.38. The molecule has 5 nitrogen and oxygen atoms in total. The van der Waals surface area contributed by atoms with E-state index in [0.29, 0.717) is 5.82 Å². The Morgan fingerprint density at radius 3 is 2.70 bits per heavy atom. The lowest BCUT2D eigenvalue weighted by Crippen LogP contribution is -2.17. The number of aromatic nitrogens is 3. The number of nitrogens with zero attached hydrogens (tertiary/aromatic N) is 3. The second-order valence-corrected chi connectivity index (χ2v) is 6.38. The maximum Gasteiger partial charge on any atom is 0.291 e. The minimum Gasteiger partial charge on any atom is -0.330 e. The third-order valence-electron chi connectivity index (χ3n) is 4.45. The van der Waals surface area contributed by atoms with E-state index in [9.17, 15) is 9.18 Å². The predicted molar refractivity (Wildman–Crippen MR) is 103 cm³/mol. The van der Waals surface area contributed by atoms with E-state index in [-0.39, 0.29) is 11.7 Å². The molecule has 0 atom stereocenters. The van der Waals surface area contributed by atoms with E-state index in [1.807, 2.05) is 37.3 Å². The lowest BCUT2D eigenvalue weighted by Gasteiger charge is -2.10. The Bertz CT molecular complexity index is 1170. The van der Waals surface area contributed by atoms with Gasteiger partial charge in [-0.25, -0.2) is 14.4 Å². The molecule has 0 aliphatic heterocycles. The zero-order chi connectivity index (χ0) is 19.0.